The van der Waals surface area contributed by atoms with Crippen molar-refractivity contribution in [2.24, 2.45) is 0 Å². The summed E-state index contributed by atoms with van der Waals surface area (Å²) in [6.07, 6.45) is 1.86. The molecule has 2 aromatic carbocycles. The molecule has 3 N–H and O–H groups in total. The molecule has 1 atom stereocenters. The van der Waals surface area contributed by atoms with Gasteiger partial charge in [0, 0.05) is 0 Å². The van der Waals surface area contributed by atoms with Crippen molar-refractivity contribution in [3.8, 4) is 5.69 Å². The second-order valence-electron chi connectivity index (χ2n) is 7.21. The molecule has 0 radical (unpaired) electrons. The monoisotopic (exact) mass is 431 g/mol. The van der Waals surface area contributed by atoms with Crippen molar-refractivity contribution in [1.82, 2.24) is 29.5 Å². The molecule has 0 aliphatic heterocycles. The third kappa shape index (κ3) is 3.22. The van der Waals surface area contributed by atoms with E-state index in [1.165, 1.54) is 23.0 Å². The molecule has 0 bridgehead atoms. The standard InChI is InChI=1S/C22H18FN7O2/c1-2-14(26-18-17-19(25-11-24-18)29-22(32)28-17)20-27-15-10-6-9-13(23)16(15)21(31)30(20)12-7-4-3-5-8-12/h3-11,14H,2H2,1H3,(H3,24,25,26,28,29,32)/t14-/m0/s1. The van der Waals surface area contributed by atoms with Crippen LogP contribution in [0.25, 0.3) is 27.8 Å². The summed E-state index contributed by atoms with van der Waals surface area (Å²) in [6.45, 7) is 1.92. The molecule has 9 nitrogen and oxygen atoms in total. The van der Waals surface area contributed by atoms with Gasteiger partial charge in [-0.25, -0.2) is 24.1 Å². The molecule has 0 aliphatic carbocycles. The topological polar surface area (TPSA) is 121 Å². The molecule has 3 aromatic heterocycles. The summed E-state index contributed by atoms with van der Waals surface area (Å²) in [6, 6.07) is 12.8. The molecule has 5 rings (SSSR count). The Morgan fingerprint density at radius 2 is 1.88 bits per heavy atom. The lowest BCUT2D eigenvalue weighted by atomic mass is 10.1. The zero-order valence-electron chi connectivity index (χ0n) is 17.0. The van der Waals surface area contributed by atoms with Gasteiger partial charge in [-0.1, -0.05) is 31.2 Å². The first kappa shape index (κ1) is 19.6. The number of anilines is 1. The van der Waals surface area contributed by atoms with Crippen LogP contribution in [0.3, 0.4) is 0 Å². The SMILES string of the molecule is CC[C@H](Nc1ncnc2[nH]c(=O)[nH]c12)c1nc2cccc(F)c2c(=O)n1-c1ccccc1. The molecule has 0 saturated carbocycles. The van der Waals surface area contributed by atoms with E-state index in [1.54, 1.807) is 30.3 Å². The average molecular weight is 431 g/mol. The molecule has 160 valence electrons. The van der Waals surface area contributed by atoms with Gasteiger partial charge in [0.1, 0.15) is 28.9 Å². The van der Waals surface area contributed by atoms with Crippen LogP contribution in [0.5, 0.6) is 0 Å². The fraction of sp³-hybridized carbons (Fsp3) is 0.136. The fourth-order valence-electron chi connectivity index (χ4n) is 3.74. The van der Waals surface area contributed by atoms with Gasteiger partial charge in [0.05, 0.1) is 17.2 Å². The lowest BCUT2D eigenvalue weighted by Gasteiger charge is -2.22. The number of nitrogens with zero attached hydrogens (tertiary/aromatic N) is 4. The number of para-hydroxylation sites is 1. The summed E-state index contributed by atoms with van der Waals surface area (Å²) in [7, 11) is 0. The number of aromatic amines is 2. The van der Waals surface area contributed by atoms with E-state index in [4.69, 9.17) is 0 Å². The van der Waals surface area contributed by atoms with E-state index in [-0.39, 0.29) is 10.9 Å². The van der Waals surface area contributed by atoms with E-state index in [9.17, 15) is 14.0 Å². The van der Waals surface area contributed by atoms with Gasteiger partial charge in [-0.05, 0) is 30.7 Å². The zero-order chi connectivity index (χ0) is 22.2. The van der Waals surface area contributed by atoms with Crippen molar-refractivity contribution < 1.29 is 4.39 Å². The third-order valence-corrected chi connectivity index (χ3v) is 5.24. The maximum Gasteiger partial charge on any atom is 0.325 e. The Labute approximate surface area is 180 Å². The molecular weight excluding hydrogens is 413 g/mol. The predicted molar refractivity (Wildman–Crippen MR) is 118 cm³/mol. The van der Waals surface area contributed by atoms with Crippen LogP contribution in [0.4, 0.5) is 10.2 Å². The summed E-state index contributed by atoms with van der Waals surface area (Å²) in [5.74, 6) is 0.152. The van der Waals surface area contributed by atoms with Gasteiger partial charge in [0.15, 0.2) is 11.5 Å². The number of H-pyrrole nitrogens is 2. The van der Waals surface area contributed by atoms with Crippen molar-refractivity contribution in [3.05, 3.63) is 87.3 Å². The van der Waals surface area contributed by atoms with Crippen molar-refractivity contribution in [3.63, 3.8) is 0 Å². The maximum atomic E-state index is 14.6. The number of aromatic nitrogens is 6. The average Bonchev–Trinajstić information content (AvgIpc) is 3.19. The Bertz CT molecular complexity index is 1560. The van der Waals surface area contributed by atoms with E-state index >= 15 is 0 Å². The molecule has 5 aromatic rings. The number of hydrogen-bond donors (Lipinski definition) is 3. The molecule has 0 amide bonds. The predicted octanol–water partition coefficient (Wildman–Crippen LogP) is 3.05. The first-order valence-electron chi connectivity index (χ1n) is 10.0. The Morgan fingerprint density at radius 1 is 1.06 bits per heavy atom. The highest BCUT2D eigenvalue weighted by Crippen LogP contribution is 2.26. The first-order valence-corrected chi connectivity index (χ1v) is 10.0. The van der Waals surface area contributed by atoms with Crippen LogP contribution in [0, 0.1) is 5.82 Å². The normalized spacial score (nSPS) is 12.3. The largest absolute Gasteiger partial charge is 0.358 e. The van der Waals surface area contributed by atoms with Crippen LogP contribution < -0.4 is 16.6 Å². The number of rotatable bonds is 5. The minimum Gasteiger partial charge on any atom is -0.358 e. The van der Waals surface area contributed by atoms with Crippen LogP contribution in [-0.4, -0.2) is 29.5 Å². The molecule has 0 fully saturated rings. The minimum atomic E-state index is -0.625. The van der Waals surface area contributed by atoms with E-state index in [0.29, 0.717) is 34.9 Å². The maximum absolute atomic E-state index is 14.6. The lowest BCUT2D eigenvalue weighted by Crippen LogP contribution is -2.28. The van der Waals surface area contributed by atoms with Crippen LogP contribution in [-0.2, 0) is 0 Å². The number of fused-ring (bicyclic) bond motifs is 2. The zero-order valence-corrected chi connectivity index (χ0v) is 17.0. The fourth-order valence-corrected chi connectivity index (χ4v) is 3.74. The first-order chi connectivity index (χ1) is 15.6. The Hall–Kier alpha value is -4.34. The van der Waals surface area contributed by atoms with Crippen LogP contribution in [0.15, 0.2) is 64.4 Å². The minimum absolute atomic E-state index is 0.0747. The summed E-state index contributed by atoms with van der Waals surface area (Å²) >= 11 is 0. The van der Waals surface area contributed by atoms with E-state index < -0.39 is 23.1 Å². The lowest BCUT2D eigenvalue weighted by molar-refractivity contribution is 0.630. The van der Waals surface area contributed by atoms with Crippen LogP contribution >= 0.6 is 0 Å². The van der Waals surface area contributed by atoms with Crippen molar-refractivity contribution in [2.45, 2.75) is 19.4 Å². The summed E-state index contributed by atoms with van der Waals surface area (Å²) in [5, 5.41) is 3.19. The van der Waals surface area contributed by atoms with Crippen molar-refractivity contribution in [1.29, 1.82) is 0 Å². The summed E-state index contributed by atoms with van der Waals surface area (Å²) in [5.41, 5.74) is 0.691. The Morgan fingerprint density at radius 3 is 2.66 bits per heavy atom. The van der Waals surface area contributed by atoms with Gasteiger partial charge in [0.2, 0.25) is 0 Å². The molecule has 0 spiro atoms. The van der Waals surface area contributed by atoms with Gasteiger partial charge < -0.3 is 10.3 Å². The smallest absolute Gasteiger partial charge is 0.325 e. The molecule has 10 heteroatoms. The number of hydrogen-bond acceptors (Lipinski definition) is 6. The van der Waals surface area contributed by atoms with Gasteiger partial charge in [-0.15, -0.1) is 0 Å². The van der Waals surface area contributed by atoms with Gasteiger partial charge in [0.25, 0.3) is 5.56 Å². The summed E-state index contributed by atoms with van der Waals surface area (Å²) in [4.78, 5) is 43.4. The summed E-state index contributed by atoms with van der Waals surface area (Å²) < 4.78 is 16.0. The van der Waals surface area contributed by atoms with Crippen molar-refractivity contribution >= 4 is 27.9 Å². The van der Waals surface area contributed by atoms with Crippen LogP contribution in [0.1, 0.15) is 25.2 Å². The number of benzene rings is 2. The highest BCUT2D eigenvalue weighted by molar-refractivity contribution is 5.82. The number of imidazole rings is 1. The quantitative estimate of drug-likeness (QED) is 0.393. The molecule has 0 saturated heterocycles. The molecule has 0 aliphatic rings. The Balaban J connectivity index is 1.74. The molecule has 32 heavy (non-hydrogen) atoms. The van der Waals surface area contributed by atoms with Gasteiger partial charge >= 0.3 is 5.69 Å². The Kier molecular flexibility index (Phi) is 4.74. The van der Waals surface area contributed by atoms with Gasteiger partial charge in [-0.2, -0.15) is 0 Å². The highest BCUT2D eigenvalue weighted by Gasteiger charge is 2.23. The van der Waals surface area contributed by atoms with Crippen LogP contribution in [0.2, 0.25) is 0 Å². The number of halogens is 1. The highest BCUT2D eigenvalue weighted by atomic mass is 19.1. The second kappa shape index (κ2) is 7.73. The molecule has 0 unspecified atom stereocenters. The number of nitrogens with one attached hydrogen (secondary N) is 3. The third-order valence-electron chi connectivity index (χ3n) is 5.24. The van der Waals surface area contributed by atoms with Gasteiger partial charge in [-0.3, -0.25) is 14.3 Å². The van der Waals surface area contributed by atoms with E-state index in [1.807, 2.05) is 13.0 Å². The molecular formula is C22H18FN7O2. The van der Waals surface area contributed by atoms with Crippen molar-refractivity contribution in [2.75, 3.05) is 5.32 Å². The van der Waals surface area contributed by atoms with E-state index in [2.05, 4.69) is 30.2 Å². The second-order valence-corrected chi connectivity index (χ2v) is 7.21. The van der Waals surface area contributed by atoms with E-state index in [0.717, 1.165) is 0 Å². The molecule has 3 heterocycles.